The van der Waals surface area contributed by atoms with Crippen LogP contribution < -0.4 is 5.32 Å². The number of rotatable bonds is 7. The zero-order valence-electron chi connectivity index (χ0n) is 18.3. The molecular weight excluding hydrogens is 420 g/mol. The first-order valence-corrected chi connectivity index (χ1v) is 11.5. The van der Waals surface area contributed by atoms with Crippen LogP contribution in [0.5, 0.6) is 0 Å². The quantitative estimate of drug-likeness (QED) is 0.500. The highest BCUT2D eigenvalue weighted by atomic mass is 35.5. The molecule has 32 heavy (non-hydrogen) atoms. The lowest BCUT2D eigenvalue weighted by molar-refractivity contribution is 0.164. The second-order valence-corrected chi connectivity index (χ2v) is 8.46. The zero-order chi connectivity index (χ0) is 22.3. The molecule has 2 N–H and O–H groups in total. The Morgan fingerprint density at radius 2 is 1.94 bits per heavy atom. The lowest BCUT2D eigenvalue weighted by atomic mass is 9.89. The lowest BCUT2D eigenvalue weighted by Gasteiger charge is -2.31. The van der Waals surface area contributed by atoms with E-state index in [-0.39, 0.29) is 6.61 Å². The van der Waals surface area contributed by atoms with Crippen LogP contribution in [-0.4, -0.2) is 46.2 Å². The van der Waals surface area contributed by atoms with E-state index in [9.17, 15) is 0 Å². The minimum Gasteiger partial charge on any atom is -0.395 e. The average molecular weight is 449 g/mol. The van der Waals surface area contributed by atoms with Crippen LogP contribution in [0.2, 0.25) is 5.02 Å². The van der Waals surface area contributed by atoms with E-state index >= 15 is 0 Å². The van der Waals surface area contributed by atoms with Gasteiger partial charge in [-0.25, -0.2) is 9.97 Å². The van der Waals surface area contributed by atoms with Gasteiger partial charge in [-0.2, -0.15) is 0 Å². The molecule has 0 saturated carbocycles. The summed E-state index contributed by atoms with van der Waals surface area (Å²) in [6.45, 7) is 5.04. The van der Waals surface area contributed by atoms with Crippen LogP contribution in [0.25, 0.3) is 5.57 Å². The van der Waals surface area contributed by atoms with Crippen molar-refractivity contribution >= 4 is 28.8 Å². The van der Waals surface area contributed by atoms with E-state index < -0.39 is 0 Å². The molecule has 6 heteroatoms. The third-order valence-corrected chi connectivity index (χ3v) is 6.27. The van der Waals surface area contributed by atoms with Crippen molar-refractivity contribution in [2.75, 3.05) is 31.6 Å². The molecule has 166 valence electrons. The van der Waals surface area contributed by atoms with Crippen LogP contribution in [0, 0.1) is 0 Å². The van der Waals surface area contributed by atoms with Crippen LogP contribution >= 0.6 is 11.6 Å². The van der Waals surface area contributed by atoms with Gasteiger partial charge in [-0.3, -0.25) is 0 Å². The van der Waals surface area contributed by atoms with Crippen molar-refractivity contribution in [1.29, 1.82) is 0 Å². The van der Waals surface area contributed by atoms with Crippen molar-refractivity contribution in [3.05, 3.63) is 88.7 Å². The summed E-state index contributed by atoms with van der Waals surface area (Å²) in [4.78, 5) is 11.5. The monoisotopic (exact) mass is 448 g/mol. The van der Waals surface area contributed by atoms with Gasteiger partial charge in [0, 0.05) is 17.8 Å². The molecule has 2 heterocycles. The first-order chi connectivity index (χ1) is 15.7. The molecule has 0 radical (unpaired) electrons. The molecule has 5 nitrogen and oxygen atoms in total. The van der Waals surface area contributed by atoms with Crippen LogP contribution in [0.4, 0.5) is 11.6 Å². The number of aliphatic hydroxyl groups excluding tert-OH is 1. The van der Waals surface area contributed by atoms with Gasteiger partial charge in [0.05, 0.1) is 23.5 Å². The molecule has 1 saturated heterocycles. The summed E-state index contributed by atoms with van der Waals surface area (Å²) < 4.78 is 0. The second kappa shape index (κ2) is 10.7. The number of benzene rings is 2. The minimum absolute atomic E-state index is 0.229. The van der Waals surface area contributed by atoms with Gasteiger partial charge in [-0.1, -0.05) is 60.1 Å². The zero-order valence-corrected chi connectivity index (χ0v) is 19.1. The first kappa shape index (κ1) is 22.5. The van der Waals surface area contributed by atoms with Gasteiger partial charge in [0.25, 0.3) is 0 Å². The number of aliphatic hydroxyl groups is 1. The molecule has 1 fully saturated rings. The third-order valence-electron chi connectivity index (χ3n) is 5.99. The van der Waals surface area contributed by atoms with Gasteiger partial charge < -0.3 is 15.3 Å². The number of hydrogen-bond acceptors (Lipinski definition) is 5. The van der Waals surface area contributed by atoms with Gasteiger partial charge >= 0.3 is 0 Å². The fourth-order valence-electron chi connectivity index (χ4n) is 4.30. The van der Waals surface area contributed by atoms with Gasteiger partial charge in [-0.05, 0) is 62.0 Å². The second-order valence-electron chi connectivity index (χ2n) is 8.05. The molecular formula is C26H29ClN4O. The highest BCUT2D eigenvalue weighted by molar-refractivity contribution is 6.32. The van der Waals surface area contributed by atoms with Gasteiger partial charge in [-0.15, -0.1) is 0 Å². The maximum absolute atomic E-state index is 9.16. The molecule has 2 aromatic carbocycles. The van der Waals surface area contributed by atoms with Crippen molar-refractivity contribution < 1.29 is 5.11 Å². The van der Waals surface area contributed by atoms with E-state index in [2.05, 4.69) is 45.5 Å². The maximum atomic E-state index is 9.16. The summed E-state index contributed by atoms with van der Waals surface area (Å²) in [7, 11) is 0. The number of likely N-dealkylation sites (tertiary alicyclic amines) is 1. The molecule has 3 aromatic rings. The smallest absolute Gasteiger partial charge is 0.227 e. The van der Waals surface area contributed by atoms with Crippen LogP contribution in [-0.2, 0) is 0 Å². The normalized spacial score (nSPS) is 15.7. The topological polar surface area (TPSA) is 61.3 Å². The van der Waals surface area contributed by atoms with E-state index in [1.165, 1.54) is 5.56 Å². The molecule has 0 unspecified atom stereocenters. The number of allylic oxidation sites excluding steroid dienone is 1. The SMILES string of the molecule is C/C=C(\c1ccccc1)c1nc(Nc2cccc(C3CCN(CCO)CC3)c2)ncc1Cl. The summed E-state index contributed by atoms with van der Waals surface area (Å²) in [5.74, 6) is 1.05. The fourth-order valence-corrected chi connectivity index (χ4v) is 4.50. The van der Waals surface area contributed by atoms with Crippen molar-refractivity contribution in [1.82, 2.24) is 14.9 Å². The Hall–Kier alpha value is -2.73. The predicted octanol–water partition coefficient (Wildman–Crippen LogP) is 5.50. The number of hydrogen-bond donors (Lipinski definition) is 2. The number of piperidine rings is 1. The highest BCUT2D eigenvalue weighted by Gasteiger charge is 2.20. The van der Waals surface area contributed by atoms with Crippen LogP contribution in [0.1, 0.15) is 42.5 Å². The Labute approximate surface area is 194 Å². The lowest BCUT2D eigenvalue weighted by Crippen LogP contribution is -2.34. The molecule has 0 amide bonds. The molecule has 0 spiro atoms. The minimum atomic E-state index is 0.229. The van der Waals surface area contributed by atoms with E-state index in [0.717, 1.165) is 49.3 Å². The summed E-state index contributed by atoms with van der Waals surface area (Å²) in [5, 5.41) is 13.0. The van der Waals surface area contributed by atoms with E-state index in [1.54, 1.807) is 6.20 Å². The molecule has 0 bridgehead atoms. The van der Waals surface area contributed by atoms with Crippen molar-refractivity contribution in [3.8, 4) is 0 Å². The van der Waals surface area contributed by atoms with E-state index in [1.807, 2.05) is 37.3 Å². The maximum Gasteiger partial charge on any atom is 0.227 e. The predicted molar refractivity (Wildman–Crippen MR) is 131 cm³/mol. The number of β-amino-alcohol motifs (C(OH)–C–C–N with tert-alkyl or cyclic N) is 1. The molecule has 0 atom stereocenters. The number of halogens is 1. The Bertz CT molecular complexity index is 1060. The summed E-state index contributed by atoms with van der Waals surface area (Å²) in [5.41, 5.74) is 5.05. The van der Waals surface area contributed by atoms with Crippen molar-refractivity contribution in [2.24, 2.45) is 0 Å². The number of nitrogens with one attached hydrogen (secondary N) is 1. The average Bonchev–Trinajstić information content (AvgIpc) is 2.83. The summed E-state index contributed by atoms with van der Waals surface area (Å²) in [6, 6.07) is 18.6. The van der Waals surface area contributed by atoms with Crippen molar-refractivity contribution in [3.63, 3.8) is 0 Å². The number of aromatic nitrogens is 2. The number of anilines is 2. The largest absolute Gasteiger partial charge is 0.395 e. The summed E-state index contributed by atoms with van der Waals surface area (Å²) in [6.07, 6.45) is 5.88. The number of nitrogens with zero attached hydrogens (tertiary/aromatic N) is 3. The highest BCUT2D eigenvalue weighted by Crippen LogP contribution is 2.31. The van der Waals surface area contributed by atoms with Gasteiger partial charge in [0.1, 0.15) is 0 Å². The molecule has 1 aliphatic rings. The van der Waals surface area contributed by atoms with Gasteiger partial charge in [0.2, 0.25) is 5.95 Å². The van der Waals surface area contributed by atoms with Crippen LogP contribution in [0.3, 0.4) is 0 Å². The van der Waals surface area contributed by atoms with Crippen LogP contribution in [0.15, 0.2) is 66.9 Å². The third kappa shape index (κ3) is 5.36. The standard InChI is InChI=1S/C26H29ClN4O/c1-2-23(20-7-4-3-5-8-20)25-24(27)18-28-26(30-25)29-22-10-6-9-21(17-22)19-11-13-31(14-12-19)15-16-32/h2-10,17-19,32H,11-16H2,1H3,(H,28,29,30)/b23-2+. The van der Waals surface area contributed by atoms with Crippen molar-refractivity contribution in [2.45, 2.75) is 25.7 Å². The molecule has 1 aliphatic heterocycles. The van der Waals surface area contributed by atoms with E-state index in [0.29, 0.717) is 22.6 Å². The molecule has 1 aromatic heterocycles. The Morgan fingerprint density at radius 3 is 2.66 bits per heavy atom. The Balaban J connectivity index is 1.52. The Kier molecular flexibility index (Phi) is 7.53. The van der Waals surface area contributed by atoms with Gasteiger partial charge in [0.15, 0.2) is 0 Å². The van der Waals surface area contributed by atoms with E-state index in [4.69, 9.17) is 21.7 Å². The first-order valence-electron chi connectivity index (χ1n) is 11.1. The molecule has 0 aliphatic carbocycles. The summed E-state index contributed by atoms with van der Waals surface area (Å²) >= 11 is 6.47. The molecule has 4 rings (SSSR count). The fraction of sp³-hybridized carbons (Fsp3) is 0.308. The Morgan fingerprint density at radius 1 is 1.16 bits per heavy atom.